The number of hydrogen-bond acceptors (Lipinski definition) is 3. The summed E-state index contributed by atoms with van der Waals surface area (Å²) in [4.78, 5) is 0. The number of aryl methyl sites for hydroxylation is 1. The van der Waals surface area contributed by atoms with Crippen LogP contribution in [0.4, 0.5) is 0 Å². The Morgan fingerprint density at radius 2 is 2.39 bits per heavy atom. The van der Waals surface area contributed by atoms with E-state index in [-0.39, 0.29) is 0 Å². The fourth-order valence-corrected chi connectivity index (χ4v) is 3.53. The maximum atomic E-state index is 5.77. The van der Waals surface area contributed by atoms with Gasteiger partial charge in [-0.2, -0.15) is 11.3 Å². The Morgan fingerprint density at radius 1 is 1.44 bits per heavy atom. The molecule has 1 aromatic heterocycles. The summed E-state index contributed by atoms with van der Waals surface area (Å²) in [6.45, 7) is 3.07. The third kappa shape index (κ3) is 3.34. The molecular formula is C15H23NOS. The molecule has 2 fully saturated rings. The molecule has 0 spiro atoms. The monoisotopic (exact) mass is 265 g/mol. The van der Waals surface area contributed by atoms with E-state index in [9.17, 15) is 0 Å². The van der Waals surface area contributed by atoms with Gasteiger partial charge in [-0.15, -0.1) is 0 Å². The maximum Gasteiger partial charge on any atom is 0.0534 e. The van der Waals surface area contributed by atoms with Crippen molar-refractivity contribution >= 4 is 11.3 Å². The van der Waals surface area contributed by atoms with Crippen molar-refractivity contribution in [2.45, 2.75) is 44.6 Å². The second-order valence-electron chi connectivity index (χ2n) is 5.94. The molecule has 1 unspecified atom stereocenters. The molecule has 2 heterocycles. The molecule has 1 aromatic rings. The molecule has 3 rings (SSSR count). The van der Waals surface area contributed by atoms with Crippen LogP contribution in [-0.2, 0) is 11.2 Å². The lowest BCUT2D eigenvalue weighted by Crippen LogP contribution is -2.42. The van der Waals surface area contributed by atoms with E-state index in [0.717, 1.165) is 25.8 Å². The van der Waals surface area contributed by atoms with Gasteiger partial charge in [-0.05, 0) is 60.9 Å². The van der Waals surface area contributed by atoms with Crippen molar-refractivity contribution in [2.75, 3.05) is 19.8 Å². The predicted molar refractivity (Wildman–Crippen MR) is 76.2 cm³/mol. The van der Waals surface area contributed by atoms with Crippen LogP contribution in [0.25, 0.3) is 0 Å². The maximum absolute atomic E-state index is 5.77. The summed E-state index contributed by atoms with van der Waals surface area (Å²) in [5.74, 6) is 0. The SMILES string of the molecule is c1cc(CCC2(CNC3CC3)CCCOC2)cs1. The first-order chi connectivity index (χ1) is 8.86. The Kier molecular flexibility index (Phi) is 4.02. The number of thiophene rings is 1. The fraction of sp³-hybridized carbons (Fsp3) is 0.733. The molecule has 3 heteroatoms. The Bertz CT molecular complexity index is 353. The van der Waals surface area contributed by atoms with E-state index >= 15 is 0 Å². The van der Waals surface area contributed by atoms with Crippen molar-refractivity contribution in [3.8, 4) is 0 Å². The average molecular weight is 265 g/mol. The Balaban J connectivity index is 1.56. The highest BCUT2D eigenvalue weighted by Crippen LogP contribution is 2.34. The van der Waals surface area contributed by atoms with Gasteiger partial charge >= 0.3 is 0 Å². The molecule has 1 saturated heterocycles. The minimum absolute atomic E-state index is 0.392. The van der Waals surface area contributed by atoms with Crippen LogP contribution in [0.15, 0.2) is 16.8 Å². The second kappa shape index (κ2) is 5.72. The standard InChI is InChI=1S/C15H23NOS/c1-6-15(12-17-8-1,11-16-14-2-3-14)7-4-13-5-9-18-10-13/h5,9-10,14,16H,1-4,6-8,11-12H2. The van der Waals surface area contributed by atoms with Crippen LogP contribution < -0.4 is 5.32 Å². The van der Waals surface area contributed by atoms with E-state index in [4.69, 9.17) is 4.74 Å². The van der Waals surface area contributed by atoms with Gasteiger partial charge in [0.25, 0.3) is 0 Å². The molecule has 0 amide bonds. The quantitative estimate of drug-likeness (QED) is 0.852. The van der Waals surface area contributed by atoms with Crippen LogP contribution >= 0.6 is 11.3 Å². The molecule has 0 radical (unpaired) electrons. The van der Waals surface area contributed by atoms with Crippen molar-refractivity contribution in [1.29, 1.82) is 0 Å². The predicted octanol–water partition coefficient (Wildman–Crippen LogP) is 3.23. The van der Waals surface area contributed by atoms with Crippen molar-refractivity contribution in [3.63, 3.8) is 0 Å². The van der Waals surface area contributed by atoms with Crippen molar-refractivity contribution in [3.05, 3.63) is 22.4 Å². The molecule has 100 valence electrons. The van der Waals surface area contributed by atoms with Gasteiger partial charge in [0.2, 0.25) is 0 Å². The first-order valence-electron chi connectivity index (χ1n) is 7.19. The van der Waals surface area contributed by atoms with Crippen LogP contribution in [0.3, 0.4) is 0 Å². The molecule has 2 nitrogen and oxygen atoms in total. The lowest BCUT2D eigenvalue weighted by molar-refractivity contribution is -0.0120. The van der Waals surface area contributed by atoms with Crippen molar-refractivity contribution in [2.24, 2.45) is 5.41 Å². The third-order valence-electron chi connectivity index (χ3n) is 4.27. The van der Waals surface area contributed by atoms with Gasteiger partial charge in [-0.1, -0.05) is 0 Å². The van der Waals surface area contributed by atoms with Gasteiger partial charge in [0, 0.05) is 24.6 Å². The average Bonchev–Trinajstić information content (AvgIpc) is 3.10. The summed E-state index contributed by atoms with van der Waals surface area (Å²) in [7, 11) is 0. The van der Waals surface area contributed by atoms with Gasteiger partial charge in [-0.25, -0.2) is 0 Å². The fourth-order valence-electron chi connectivity index (χ4n) is 2.83. The van der Waals surface area contributed by atoms with E-state index in [1.54, 1.807) is 11.3 Å². The highest BCUT2D eigenvalue weighted by Gasteiger charge is 2.34. The highest BCUT2D eigenvalue weighted by atomic mass is 32.1. The van der Waals surface area contributed by atoms with Gasteiger partial charge in [0.15, 0.2) is 0 Å². The van der Waals surface area contributed by atoms with E-state index in [2.05, 4.69) is 22.1 Å². The van der Waals surface area contributed by atoms with Gasteiger partial charge < -0.3 is 10.1 Å². The van der Waals surface area contributed by atoms with Crippen LogP contribution in [0.2, 0.25) is 0 Å². The third-order valence-corrected chi connectivity index (χ3v) is 5.00. The first-order valence-corrected chi connectivity index (χ1v) is 8.13. The molecule has 0 aromatic carbocycles. The number of nitrogens with one attached hydrogen (secondary N) is 1. The molecule has 1 saturated carbocycles. The van der Waals surface area contributed by atoms with E-state index in [1.807, 2.05) is 0 Å². The summed E-state index contributed by atoms with van der Waals surface area (Å²) in [6.07, 6.45) is 7.79. The zero-order valence-electron chi connectivity index (χ0n) is 11.0. The second-order valence-corrected chi connectivity index (χ2v) is 6.72. The van der Waals surface area contributed by atoms with Gasteiger partial charge in [0.1, 0.15) is 0 Å². The largest absolute Gasteiger partial charge is 0.381 e. The number of ether oxygens (including phenoxy) is 1. The zero-order valence-corrected chi connectivity index (χ0v) is 11.8. The van der Waals surface area contributed by atoms with Crippen molar-refractivity contribution < 1.29 is 4.74 Å². The Morgan fingerprint density at radius 3 is 3.06 bits per heavy atom. The molecule has 2 aliphatic rings. The lowest BCUT2D eigenvalue weighted by Gasteiger charge is -2.37. The minimum atomic E-state index is 0.392. The van der Waals surface area contributed by atoms with Crippen molar-refractivity contribution in [1.82, 2.24) is 5.32 Å². The highest BCUT2D eigenvalue weighted by molar-refractivity contribution is 7.07. The molecule has 18 heavy (non-hydrogen) atoms. The van der Waals surface area contributed by atoms with E-state index < -0.39 is 0 Å². The number of hydrogen-bond donors (Lipinski definition) is 1. The first kappa shape index (κ1) is 12.6. The summed E-state index contributed by atoms with van der Waals surface area (Å²) >= 11 is 1.81. The van der Waals surface area contributed by atoms with Crippen LogP contribution in [0.5, 0.6) is 0 Å². The molecule has 1 N–H and O–H groups in total. The van der Waals surface area contributed by atoms with E-state index in [0.29, 0.717) is 5.41 Å². The van der Waals surface area contributed by atoms with Crippen LogP contribution in [0, 0.1) is 5.41 Å². The smallest absolute Gasteiger partial charge is 0.0534 e. The van der Waals surface area contributed by atoms with Crippen LogP contribution in [0.1, 0.15) is 37.7 Å². The van der Waals surface area contributed by atoms with Gasteiger partial charge in [0.05, 0.1) is 6.61 Å². The molecular weight excluding hydrogens is 242 g/mol. The summed E-state index contributed by atoms with van der Waals surface area (Å²) in [6, 6.07) is 3.07. The summed E-state index contributed by atoms with van der Waals surface area (Å²) in [5.41, 5.74) is 1.89. The van der Waals surface area contributed by atoms with Crippen LogP contribution in [-0.4, -0.2) is 25.8 Å². The lowest BCUT2D eigenvalue weighted by atomic mass is 9.77. The molecule has 1 atom stereocenters. The topological polar surface area (TPSA) is 21.3 Å². The normalized spacial score (nSPS) is 28.4. The molecule has 1 aliphatic carbocycles. The van der Waals surface area contributed by atoms with E-state index in [1.165, 1.54) is 44.1 Å². The summed E-state index contributed by atoms with van der Waals surface area (Å²) in [5, 5.41) is 8.19. The Hall–Kier alpha value is -0.380. The summed E-state index contributed by atoms with van der Waals surface area (Å²) < 4.78 is 5.77. The molecule has 0 bridgehead atoms. The Labute approximate surface area is 114 Å². The number of rotatable bonds is 6. The van der Waals surface area contributed by atoms with Gasteiger partial charge in [-0.3, -0.25) is 0 Å². The zero-order chi connectivity index (χ0) is 12.3. The minimum Gasteiger partial charge on any atom is -0.381 e. The molecule has 1 aliphatic heterocycles.